The smallest absolute Gasteiger partial charge is 0.0374 e. The Morgan fingerprint density at radius 1 is 1.40 bits per heavy atom. The molecule has 2 rings (SSSR count). The Morgan fingerprint density at radius 2 is 2.20 bits per heavy atom. The van der Waals surface area contributed by atoms with Gasteiger partial charge in [-0.3, -0.25) is 0 Å². The SMILES string of the molecule is CC(C)=CCC1CCc2ccccc2N1. The molecule has 0 radical (unpaired) electrons. The second kappa shape index (κ2) is 4.52. The molecule has 0 aliphatic carbocycles. The highest BCUT2D eigenvalue weighted by atomic mass is 14.9. The van der Waals surface area contributed by atoms with Crippen LogP contribution in [0.1, 0.15) is 32.3 Å². The van der Waals surface area contributed by atoms with Crippen molar-refractivity contribution in [3.63, 3.8) is 0 Å². The Hall–Kier alpha value is -1.24. The van der Waals surface area contributed by atoms with Crippen LogP contribution in [0.15, 0.2) is 35.9 Å². The molecular weight excluding hydrogens is 182 g/mol. The van der Waals surface area contributed by atoms with E-state index in [1.807, 2.05) is 0 Å². The summed E-state index contributed by atoms with van der Waals surface area (Å²) in [6.45, 7) is 4.33. The maximum atomic E-state index is 3.61. The van der Waals surface area contributed by atoms with Gasteiger partial charge in [-0.15, -0.1) is 0 Å². The van der Waals surface area contributed by atoms with Crippen LogP contribution in [0.3, 0.4) is 0 Å². The molecule has 15 heavy (non-hydrogen) atoms. The fraction of sp³-hybridized carbons (Fsp3) is 0.429. The molecule has 1 atom stereocenters. The molecule has 1 nitrogen and oxygen atoms in total. The van der Waals surface area contributed by atoms with Gasteiger partial charge in [-0.2, -0.15) is 0 Å². The van der Waals surface area contributed by atoms with E-state index in [1.54, 1.807) is 0 Å². The summed E-state index contributed by atoms with van der Waals surface area (Å²) in [4.78, 5) is 0. The molecule has 1 N–H and O–H groups in total. The van der Waals surface area contributed by atoms with Crippen molar-refractivity contribution in [3.05, 3.63) is 41.5 Å². The first-order chi connectivity index (χ1) is 7.25. The van der Waals surface area contributed by atoms with Gasteiger partial charge < -0.3 is 5.32 Å². The number of hydrogen-bond acceptors (Lipinski definition) is 1. The highest BCUT2D eigenvalue weighted by Gasteiger charge is 2.15. The topological polar surface area (TPSA) is 12.0 Å². The van der Waals surface area contributed by atoms with Gasteiger partial charge in [-0.05, 0) is 44.7 Å². The monoisotopic (exact) mass is 201 g/mol. The van der Waals surface area contributed by atoms with Gasteiger partial charge >= 0.3 is 0 Å². The fourth-order valence-corrected chi connectivity index (χ4v) is 2.06. The molecule has 1 aliphatic rings. The van der Waals surface area contributed by atoms with E-state index >= 15 is 0 Å². The first-order valence-electron chi connectivity index (χ1n) is 5.73. The minimum Gasteiger partial charge on any atom is -0.382 e. The average molecular weight is 201 g/mol. The lowest BCUT2D eigenvalue weighted by Gasteiger charge is -2.26. The molecule has 1 unspecified atom stereocenters. The number of nitrogens with one attached hydrogen (secondary N) is 1. The molecule has 80 valence electrons. The van der Waals surface area contributed by atoms with Crippen LogP contribution >= 0.6 is 0 Å². The van der Waals surface area contributed by atoms with Crippen molar-refractivity contribution in [2.24, 2.45) is 0 Å². The summed E-state index contributed by atoms with van der Waals surface area (Å²) < 4.78 is 0. The van der Waals surface area contributed by atoms with Gasteiger partial charge in [0.25, 0.3) is 0 Å². The zero-order valence-corrected chi connectivity index (χ0v) is 9.59. The number of aryl methyl sites for hydroxylation is 1. The fourth-order valence-electron chi connectivity index (χ4n) is 2.06. The van der Waals surface area contributed by atoms with Crippen LogP contribution in [-0.4, -0.2) is 6.04 Å². The molecule has 0 saturated heterocycles. The van der Waals surface area contributed by atoms with Gasteiger partial charge in [0.2, 0.25) is 0 Å². The minimum absolute atomic E-state index is 0.620. The highest BCUT2D eigenvalue weighted by molar-refractivity contribution is 5.53. The van der Waals surface area contributed by atoms with Crippen LogP contribution in [-0.2, 0) is 6.42 Å². The van der Waals surface area contributed by atoms with Crippen LogP contribution < -0.4 is 5.32 Å². The Labute approximate surface area is 92.2 Å². The second-order valence-electron chi connectivity index (χ2n) is 4.55. The molecule has 0 fully saturated rings. The predicted octanol–water partition coefficient (Wildman–Crippen LogP) is 3.77. The summed E-state index contributed by atoms with van der Waals surface area (Å²) in [6, 6.07) is 9.25. The van der Waals surface area contributed by atoms with Crippen molar-refractivity contribution in [1.82, 2.24) is 0 Å². The van der Waals surface area contributed by atoms with E-state index in [2.05, 4.69) is 49.5 Å². The zero-order chi connectivity index (χ0) is 10.7. The number of hydrogen-bond donors (Lipinski definition) is 1. The van der Waals surface area contributed by atoms with Gasteiger partial charge in [-0.1, -0.05) is 29.8 Å². The molecule has 0 bridgehead atoms. The maximum absolute atomic E-state index is 3.61. The van der Waals surface area contributed by atoms with E-state index in [9.17, 15) is 0 Å². The van der Waals surface area contributed by atoms with Crippen molar-refractivity contribution >= 4 is 5.69 Å². The van der Waals surface area contributed by atoms with Crippen LogP contribution in [0.5, 0.6) is 0 Å². The lowest BCUT2D eigenvalue weighted by Crippen LogP contribution is -2.24. The lowest BCUT2D eigenvalue weighted by molar-refractivity contribution is 0.637. The Kier molecular flexibility index (Phi) is 3.10. The van der Waals surface area contributed by atoms with Crippen LogP contribution in [0.25, 0.3) is 0 Å². The molecule has 0 saturated carbocycles. The number of rotatable bonds is 2. The number of anilines is 1. The molecule has 1 heteroatoms. The van der Waals surface area contributed by atoms with Crippen LogP contribution in [0.4, 0.5) is 5.69 Å². The number of allylic oxidation sites excluding steroid dienone is 1. The third-order valence-corrected chi connectivity index (χ3v) is 2.95. The normalized spacial score (nSPS) is 18.9. The Bertz CT molecular complexity index is 361. The summed E-state index contributed by atoms with van der Waals surface area (Å²) in [6.07, 6.45) is 5.94. The average Bonchev–Trinajstić information content (AvgIpc) is 2.26. The zero-order valence-electron chi connectivity index (χ0n) is 9.59. The minimum atomic E-state index is 0.620. The van der Waals surface area contributed by atoms with Gasteiger partial charge in [0.15, 0.2) is 0 Å². The van der Waals surface area contributed by atoms with Gasteiger partial charge in [0.1, 0.15) is 0 Å². The largest absolute Gasteiger partial charge is 0.382 e. The number of para-hydroxylation sites is 1. The van der Waals surface area contributed by atoms with Crippen molar-refractivity contribution in [1.29, 1.82) is 0 Å². The quantitative estimate of drug-likeness (QED) is 0.718. The summed E-state index contributed by atoms with van der Waals surface area (Å²) in [5.41, 5.74) is 4.21. The summed E-state index contributed by atoms with van der Waals surface area (Å²) in [5.74, 6) is 0. The van der Waals surface area contributed by atoms with Crippen molar-refractivity contribution in [2.75, 3.05) is 5.32 Å². The van der Waals surface area contributed by atoms with Crippen molar-refractivity contribution in [2.45, 2.75) is 39.2 Å². The molecule has 1 aliphatic heterocycles. The van der Waals surface area contributed by atoms with E-state index in [-0.39, 0.29) is 0 Å². The second-order valence-corrected chi connectivity index (χ2v) is 4.55. The lowest BCUT2D eigenvalue weighted by atomic mass is 9.96. The van der Waals surface area contributed by atoms with Crippen LogP contribution in [0, 0.1) is 0 Å². The number of benzene rings is 1. The van der Waals surface area contributed by atoms with E-state index < -0.39 is 0 Å². The molecule has 1 aromatic rings. The molecule has 1 heterocycles. The van der Waals surface area contributed by atoms with Crippen LogP contribution in [0.2, 0.25) is 0 Å². The van der Waals surface area contributed by atoms with Gasteiger partial charge in [0.05, 0.1) is 0 Å². The Balaban J connectivity index is 2.03. The summed E-state index contributed by atoms with van der Waals surface area (Å²) in [7, 11) is 0. The van der Waals surface area contributed by atoms with Crippen molar-refractivity contribution < 1.29 is 0 Å². The standard InChI is InChI=1S/C14H19N/c1-11(2)7-9-13-10-8-12-5-3-4-6-14(12)15-13/h3-7,13,15H,8-10H2,1-2H3. The van der Waals surface area contributed by atoms with E-state index in [0.717, 1.165) is 6.42 Å². The predicted molar refractivity (Wildman–Crippen MR) is 66.2 cm³/mol. The van der Waals surface area contributed by atoms with Crippen molar-refractivity contribution in [3.8, 4) is 0 Å². The van der Waals surface area contributed by atoms with E-state index in [1.165, 1.54) is 29.7 Å². The third kappa shape index (κ3) is 2.62. The molecule has 0 amide bonds. The van der Waals surface area contributed by atoms with E-state index in [4.69, 9.17) is 0 Å². The van der Waals surface area contributed by atoms with Gasteiger partial charge in [-0.25, -0.2) is 0 Å². The number of fused-ring (bicyclic) bond motifs is 1. The summed E-state index contributed by atoms with van der Waals surface area (Å²) >= 11 is 0. The van der Waals surface area contributed by atoms with Gasteiger partial charge in [0, 0.05) is 11.7 Å². The molecule has 1 aromatic carbocycles. The maximum Gasteiger partial charge on any atom is 0.0374 e. The third-order valence-electron chi connectivity index (χ3n) is 2.95. The highest BCUT2D eigenvalue weighted by Crippen LogP contribution is 2.25. The Morgan fingerprint density at radius 3 is 3.00 bits per heavy atom. The first-order valence-corrected chi connectivity index (χ1v) is 5.73. The molecule has 0 spiro atoms. The summed E-state index contributed by atoms with van der Waals surface area (Å²) in [5, 5.41) is 3.61. The first kappa shape index (κ1) is 10.3. The molecular formula is C14H19N. The van der Waals surface area contributed by atoms with E-state index in [0.29, 0.717) is 6.04 Å². The molecule has 0 aromatic heterocycles.